The molecule has 2 fully saturated rings. The lowest BCUT2D eigenvalue weighted by Crippen LogP contribution is -2.38. The molecule has 0 unspecified atom stereocenters. The van der Waals surface area contributed by atoms with Crippen LogP contribution in [0.3, 0.4) is 0 Å². The molecule has 1 N–H and O–H groups in total. The van der Waals surface area contributed by atoms with Crippen molar-refractivity contribution >= 4 is 44.5 Å². The number of amides is 2. The van der Waals surface area contributed by atoms with E-state index in [4.69, 9.17) is 4.74 Å². The van der Waals surface area contributed by atoms with Gasteiger partial charge in [-0.15, -0.1) is 0 Å². The van der Waals surface area contributed by atoms with Gasteiger partial charge in [-0.1, -0.05) is 17.8 Å². The van der Waals surface area contributed by atoms with Gasteiger partial charge in [0.15, 0.2) is 15.0 Å². The van der Waals surface area contributed by atoms with Gasteiger partial charge < -0.3 is 15.0 Å². The van der Waals surface area contributed by atoms with Crippen molar-refractivity contribution in [1.82, 2.24) is 5.32 Å². The Hall–Kier alpha value is -2.07. The Morgan fingerprint density at radius 2 is 1.93 bits per heavy atom. The van der Waals surface area contributed by atoms with E-state index >= 15 is 0 Å². The van der Waals surface area contributed by atoms with Crippen LogP contribution in [-0.2, 0) is 19.4 Å². The SMILES string of the molecule is Cc1ccc(N2C(=NC(=O)CNC(=O)OC(C)(C)C)S[C@@H]3CS(=O)(=O)C[C@@H]32)cc1C. The zero-order chi connectivity index (χ0) is 22.3. The average Bonchev–Trinajstić information content (AvgIpc) is 3.05. The number of rotatable bonds is 3. The molecule has 2 aliphatic heterocycles. The van der Waals surface area contributed by atoms with Gasteiger partial charge in [-0.3, -0.25) is 4.79 Å². The van der Waals surface area contributed by atoms with E-state index in [2.05, 4.69) is 10.3 Å². The molecule has 0 radical (unpaired) electrons. The van der Waals surface area contributed by atoms with Crippen LogP contribution in [-0.4, -0.2) is 60.5 Å². The van der Waals surface area contributed by atoms with Crippen LogP contribution in [0.25, 0.3) is 0 Å². The Bertz CT molecular complexity index is 998. The van der Waals surface area contributed by atoms with Gasteiger partial charge in [0.1, 0.15) is 12.1 Å². The van der Waals surface area contributed by atoms with Crippen molar-refractivity contribution < 1.29 is 22.7 Å². The first kappa shape index (κ1) is 22.6. The summed E-state index contributed by atoms with van der Waals surface area (Å²) in [7, 11) is -3.13. The van der Waals surface area contributed by atoms with Crippen molar-refractivity contribution in [3.05, 3.63) is 29.3 Å². The highest BCUT2D eigenvalue weighted by Crippen LogP contribution is 2.41. The molecule has 2 heterocycles. The van der Waals surface area contributed by atoms with Gasteiger partial charge in [-0.05, 0) is 57.9 Å². The second-order valence-electron chi connectivity index (χ2n) is 8.58. The maximum absolute atomic E-state index is 12.4. The van der Waals surface area contributed by atoms with Crippen molar-refractivity contribution in [3.63, 3.8) is 0 Å². The van der Waals surface area contributed by atoms with E-state index in [9.17, 15) is 18.0 Å². The van der Waals surface area contributed by atoms with E-state index in [1.807, 2.05) is 36.9 Å². The van der Waals surface area contributed by atoms with E-state index in [1.165, 1.54) is 11.8 Å². The molecule has 1 aromatic carbocycles. The van der Waals surface area contributed by atoms with Crippen LogP contribution in [0.2, 0.25) is 0 Å². The van der Waals surface area contributed by atoms with Crippen LogP contribution < -0.4 is 10.2 Å². The van der Waals surface area contributed by atoms with Crippen LogP contribution >= 0.6 is 11.8 Å². The van der Waals surface area contributed by atoms with Crippen molar-refractivity contribution in [3.8, 4) is 0 Å². The van der Waals surface area contributed by atoms with Gasteiger partial charge >= 0.3 is 6.09 Å². The molecule has 0 bridgehead atoms. The predicted molar refractivity (Wildman–Crippen MR) is 119 cm³/mol. The lowest BCUT2D eigenvalue weighted by Gasteiger charge is -2.25. The lowest BCUT2D eigenvalue weighted by atomic mass is 10.1. The highest BCUT2D eigenvalue weighted by molar-refractivity contribution is 8.16. The minimum Gasteiger partial charge on any atom is -0.444 e. The number of nitrogens with one attached hydrogen (secondary N) is 1. The molecule has 0 saturated carbocycles. The first-order chi connectivity index (χ1) is 13.8. The van der Waals surface area contributed by atoms with Crippen molar-refractivity contribution in [2.45, 2.75) is 51.5 Å². The van der Waals surface area contributed by atoms with E-state index in [-0.39, 0.29) is 29.3 Å². The summed E-state index contributed by atoms with van der Waals surface area (Å²) in [5.74, 6) is -0.436. The summed E-state index contributed by atoms with van der Waals surface area (Å²) in [4.78, 5) is 30.2. The molecular formula is C20H27N3O5S2. The molecule has 8 nitrogen and oxygen atoms in total. The number of thioether (sulfide) groups is 1. The van der Waals surface area contributed by atoms with E-state index in [0.29, 0.717) is 5.17 Å². The predicted octanol–water partition coefficient (Wildman–Crippen LogP) is 2.43. The number of alkyl carbamates (subject to hydrolysis) is 1. The first-order valence-electron chi connectivity index (χ1n) is 9.66. The number of nitrogens with zero attached hydrogens (tertiary/aromatic N) is 2. The minimum absolute atomic E-state index is 0.0287. The molecule has 2 aliphatic rings. The molecule has 0 aromatic heterocycles. The minimum atomic E-state index is -3.13. The zero-order valence-corrected chi connectivity index (χ0v) is 19.4. The highest BCUT2D eigenvalue weighted by atomic mass is 32.2. The van der Waals surface area contributed by atoms with Crippen LogP contribution in [0.4, 0.5) is 10.5 Å². The second-order valence-corrected chi connectivity index (χ2v) is 11.9. The molecule has 30 heavy (non-hydrogen) atoms. The molecule has 2 atom stereocenters. The Kier molecular flexibility index (Phi) is 6.20. The van der Waals surface area contributed by atoms with Gasteiger partial charge in [0.25, 0.3) is 5.91 Å². The molecule has 2 amide bonds. The standard InChI is InChI=1S/C20H27N3O5S2/c1-12-6-7-14(8-13(12)2)23-15-10-30(26,27)11-16(15)29-18(23)22-17(24)9-21-19(25)28-20(3,4)5/h6-8,15-16H,9-11H2,1-5H3,(H,21,25)/t15-,16+/m0/s1. The molecule has 164 valence electrons. The molecule has 0 aliphatic carbocycles. The normalized spacial score (nSPS) is 24.0. The van der Waals surface area contributed by atoms with Gasteiger partial charge in [-0.2, -0.15) is 4.99 Å². The number of fused-ring (bicyclic) bond motifs is 1. The van der Waals surface area contributed by atoms with Crippen LogP contribution in [0.15, 0.2) is 23.2 Å². The number of ether oxygens (including phenoxy) is 1. The summed E-state index contributed by atoms with van der Waals surface area (Å²) in [6.07, 6.45) is -0.691. The Labute approximate surface area is 181 Å². The van der Waals surface area contributed by atoms with E-state index < -0.39 is 27.4 Å². The average molecular weight is 454 g/mol. The Balaban J connectivity index is 1.80. The third-order valence-electron chi connectivity index (χ3n) is 4.84. The van der Waals surface area contributed by atoms with Crippen molar-refractivity contribution in [2.75, 3.05) is 23.0 Å². The third kappa shape index (κ3) is 5.34. The summed E-state index contributed by atoms with van der Waals surface area (Å²) in [5, 5.41) is 2.68. The van der Waals surface area contributed by atoms with Gasteiger partial charge in [0, 0.05) is 10.9 Å². The Morgan fingerprint density at radius 3 is 2.57 bits per heavy atom. The molecule has 10 heteroatoms. The van der Waals surface area contributed by atoms with Gasteiger partial charge in [0.05, 0.1) is 17.5 Å². The number of anilines is 1. The molecule has 0 spiro atoms. The highest BCUT2D eigenvalue weighted by Gasteiger charge is 2.49. The monoisotopic (exact) mass is 453 g/mol. The van der Waals surface area contributed by atoms with E-state index in [0.717, 1.165) is 16.8 Å². The smallest absolute Gasteiger partial charge is 0.408 e. The molecule has 3 rings (SSSR count). The van der Waals surface area contributed by atoms with Crippen molar-refractivity contribution in [1.29, 1.82) is 0 Å². The van der Waals surface area contributed by atoms with Crippen LogP contribution in [0, 0.1) is 13.8 Å². The summed E-state index contributed by atoms with van der Waals surface area (Å²) >= 11 is 1.30. The van der Waals surface area contributed by atoms with E-state index in [1.54, 1.807) is 20.8 Å². The maximum atomic E-state index is 12.4. The third-order valence-corrected chi connectivity index (χ3v) is 8.05. The van der Waals surface area contributed by atoms with Crippen LogP contribution in [0.5, 0.6) is 0 Å². The summed E-state index contributed by atoms with van der Waals surface area (Å²) in [6, 6.07) is 5.58. The lowest BCUT2D eigenvalue weighted by molar-refractivity contribution is -0.117. The van der Waals surface area contributed by atoms with Crippen molar-refractivity contribution in [2.24, 2.45) is 4.99 Å². The fourth-order valence-electron chi connectivity index (χ4n) is 3.35. The second kappa shape index (κ2) is 8.22. The number of hydrogen-bond acceptors (Lipinski definition) is 6. The van der Waals surface area contributed by atoms with Gasteiger partial charge in [-0.25, -0.2) is 13.2 Å². The zero-order valence-electron chi connectivity index (χ0n) is 17.8. The number of carbonyl (C=O) groups is 2. The maximum Gasteiger partial charge on any atom is 0.408 e. The quantitative estimate of drug-likeness (QED) is 0.749. The summed E-state index contributed by atoms with van der Waals surface area (Å²) in [5.41, 5.74) is 2.34. The molecule has 2 saturated heterocycles. The number of aryl methyl sites for hydroxylation is 2. The Morgan fingerprint density at radius 1 is 1.23 bits per heavy atom. The first-order valence-corrected chi connectivity index (χ1v) is 12.4. The van der Waals surface area contributed by atoms with Gasteiger partial charge in [0.2, 0.25) is 0 Å². The number of hydrogen-bond donors (Lipinski definition) is 1. The number of sulfone groups is 1. The molecule has 1 aromatic rings. The number of aliphatic imine (C=N–C) groups is 1. The fraction of sp³-hybridized carbons (Fsp3) is 0.550. The summed E-state index contributed by atoms with van der Waals surface area (Å²) < 4.78 is 29.4. The largest absolute Gasteiger partial charge is 0.444 e. The summed E-state index contributed by atoms with van der Waals surface area (Å²) in [6.45, 7) is 8.89. The number of benzene rings is 1. The fourth-order valence-corrected chi connectivity index (χ4v) is 7.28. The number of carbonyl (C=O) groups excluding carboxylic acids is 2. The topological polar surface area (TPSA) is 105 Å². The van der Waals surface area contributed by atoms with Crippen LogP contribution in [0.1, 0.15) is 31.9 Å². The number of amidine groups is 1. The molecular weight excluding hydrogens is 426 g/mol.